The van der Waals surface area contributed by atoms with Crippen LogP contribution in [-0.2, 0) is 13.6 Å². The summed E-state index contributed by atoms with van der Waals surface area (Å²) in [6.07, 6.45) is 5.43. The number of hydrogen-bond donors (Lipinski definition) is 0. The second-order valence-corrected chi connectivity index (χ2v) is 7.52. The van der Waals surface area contributed by atoms with E-state index in [0.29, 0.717) is 12.1 Å². The van der Waals surface area contributed by atoms with Crippen LogP contribution in [0.4, 0.5) is 0 Å². The lowest BCUT2D eigenvalue weighted by Gasteiger charge is -2.18. The molecular weight excluding hydrogens is 364 g/mol. The molecule has 148 valence electrons. The summed E-state index contributed by atoms with van der Waals surface area (Å²) in [5.41, 5.74) is 4.04. The first-order chi connectivity index (χ1) is 13.9. The number of aryl methyl sites for hydroxylation is 1. The number of carbonyl (C=O) groups is 1. The highest BCUT2D eigenvalue weighted by Gasteiger charge is 2.21. The van der Waals surface area contributed by atoms with Crippen molar-refractivity contribution >= 4 is 16.9 Å². The number of nitrogens with zero attached hydrogens (tertiary/aromatic N) is 6. The van der Waals surface area contributed by atoms with E-state index in [2.05, 4.69) is 24.0 Å². The minimum atomic E-state index is -0.0678. The molecule has 7 heteroatoms. The quantitative estimate of drug-likeness (QED) is 0.523. The van der Waals surface area contributed by atoms with E-state index in [0.717, 1.165) is 27.9 Å². The standard InChI is InChI=1S/C22H24N6O/c1-15(2)28-21-19(12-24-28)18(10-20(25-21)17-8-6-5-7-9-17)22(29)26(3)13-16-11-23-27(4)14-16/h5-12,14-15H,13H2,1-4H3. The number of amides is 1. The number of rotatable bonds is 5. The van der Waals surface area contributed by atoms with Gasteiger partial charge in [-0.15, -0.1) is 0 Å². The van der Waals surface area contributed by atoms with Crippen molar-refractivity contribution in [2.75, 3.05) is 7.05 Å². The zero-order valence-corrected chi connectivity index (χ0v) is 17.1. The Hall–Kier alpha value is -3.48. The zero-order chi connectivity index (χ0) is 20.5. The highest BCUT2D eigenvalue weighted by molar-refractivity contribution is 6.06. The van der Waals surface area contributed by atoms with Crippen LogP contribution in [0.2, 0.25) is 0 Å². The molecule has 0 aliphatic heterocycles. The second-order valence-electron chi connectivity index (χ2n) is 7.52. The van der Waals surface area contributed by atoms with Gasteiger partial charge in [0, 0.05) is 44.0 Å². The molecule has 0 saturated heterocycles. The van der Waals surface area contributed by atoms with Crippen molar-refractivity contribution in [3.63, 3.8) is 0 Å². The summed E-state index contributed by atoms with van der Waals surface area (Å²) in [6.45, 7) is 4.59. The minimum absolute atomic E-state index is 0.0678. The summed E-state index contributed by atoms with van der Waals surface area (Å²) in [5, 5.41) is 9.44. The van der Waals surface area contributed by atoms with Crippen molar-refractivity contribution in [3.8, 4) is 11.3 Å². The normalized spacial score (nSPS) is 11.3. The molecule has 1 aromatic carbocycles. The molecular formula is C22H24N6O. The van der Waals surface area contributed by atoms with Gasteiger partial charge >= 0.3 is 0 Å². The monoisotopic (exact) mass is 388 g/mol. The molecule has 1 amide bonds. The Kier molecular flexibility index (Phi) is 4.88. The first kappa shape index (κ1) is 18.9. The number of carbonyl (C=O) groups excluding carboxylic acids is 1. The van der Waals surface area contributed by atoms with Crippen LogP contribution in [-0.4, -0.2) is 42.4 Å². The average molecular weight is 388 g/mol. The molecule has 0 aliphatic rings. The van der Waals surface area contributed by atoms with Gasteiger partial charge in [-0.1, -0.05) is 30.3 Å². The molecule has 0 aliphatic carbocycles. The third-order valence-corrected chi connectivity index (χ3v) is 4.88. The molecule has 0 bridgehead atoms. The van der Waals surface area contributed by atoms with Gasteiger partial charge in [0.25, 0.3) is 5.91 Å². The number of hydrogen-bond acceptors (Lipinski definition) is 4. The van der Waals surface area contributed by atoms with E-state index in [-0.39, 0.29) is 11.9 Å². The van der Waals surface area contributed by atoms with E-state index in [1.54, 1.807) is 29.0 Å². The molecule has 0 unspecified atom stereocenters. The molecule has 4 aromatic rings. The largest absolute Gasteiger partial charge is 0.337 e. The molecule has 0 fully saturated rings. The molecule has 4 rings (SSSR count). The van der Waals surface area contributed by atoms with Crippen LogP contribution in [0.25, 0.3) is 22.3 Å². The number of fused-ring (bicyclic) bond motifs is 1. The van der Waals surface area contributed by atoms with Crippen LogP contribution >= 0.6 is 0 Å². The molecule has 29 heavy (non-hydrogen) atoms. The van der Waals surface area contributed by atoms with E-state index in [4.69, 9.17) is 4.98 Å². The van der Waals surface area contributed by atoms with Gasteiger partial charge in [-0.25, -0.2) is 9.67 Å². The summed E-state index contributed by atoms with van der Waals surface area (Å²) in [7, 11) is 3.67. The van der Waals surface area contributed by atoms with Gasteiger partial charge in [-0.05, 0) is 19.9 Å². The molecule has 0 saturated carbocycles. The number of benzene rings is 1. The maximum atomic E-state index is 13.4. The van der Waals surface area contributed by atoms with E-state index >= 15 is 0 Å². The van der Waals surface area contributed by atoms with E-state index in [1.165, 1.54) is 0 Å². The molecule has 0 radical (unpaired) electrons. The molecule has 0 atom stereocenters. The van der Waals surface area contributed by atoms with Crippen LogP contribution < -0.4 is 0 Å². The Morgan fingerprint density at radius 3 is 2.55 bits per heavy atom. The van der Waals surface area contributed by atoms with Gasteiger partial charge in [0.1, 0.15) is 0 Å². The summed E-state index contributed by atoms with van der Waals surface area (Å²) in [6, 6.07) is 11.9. The number of aromatic nitrogens is 5. The van der Waals surface area contributed by atoms with Crippen LogP contribution in [0.5, 0.6) is 0 Å². The Morgan fingerprint density at radius 2 is 1.90 bits per heavy atom. The fourth-order valence-electron chi connectivity index (χ4n) is 3.43. The van der Waals surface area contributed by atoms with Crippen LogP contribution in [0.1, 0.15) is 35.8 Å². The highest BCUT2D eigenvalue weighted by atomic mass is 16.2. The van der Waals surface area contributed by atoms with Crippen molar-refractivity contribution in [1.82, 2.24) is 29.4 Å². The van der Waals surface area contributed by atoms with Crippen LogP contribution in [0.15, 0.2) is 55.0 Å². The van der Waals surface area contributed by atoms with Gasteiger partial charge in [0.2, 0.25) is 0 Å². The van der Waals surface area contributed by atoms with Gasteiger partial charge in [-0.2, -0.15) is 10.2 Å². The lowest BCUT2D eigenvalue weighted by atomic mass is 10.1. The van der Waals surface area contributed by atoms with E-state index in [9.17, 15) is 4.79 Å². The fourth-order valence-corrected chi connectivity index (χ4v) is 3.43. The fraction of sp³-hybridized carbons (Fsp3) is 0.273. The van der Waals surface area contributed by atoms with E-state index in [1.807, 2.05) is 54.3 Å². The van der Waals surface area contributed by atoms with Crippen LogP contribution in [0, 0.1) is 0 Å². The molecule has 3 aromatic heterocycles. The van der Waals surface area contributed by atoms with Gasteiger partial charge in [0.15, 0.2) is 5.65 Å². The lowest BCUT2D eigenvalue weighted by Crippen LogP contribution is -2.26. The predicted molar refractivity (Wildman–Crippen MR) is 112 cm³/mol. The summed E-state index contributed by atoms with van der Waals surface area (Å²) in [4.78, 5) is 19.9. The predicted octanol–water partition coefficient (Wildman–Crippen LogP) is 3.68. The third-order valence-electron chi connectivity index (χ3n) is 4.88. The maximum Gasteiger partial charge on any atom is 0.254 e. The highest BCUT2D eigenvalue weighted by Crippen LogP contribution is 2.27. The van der Waals surface area contributed by atoms with Crippen molar-refractivity contribution in [2.45, 2.75) is 26.4 Å². The Morgan fingerprint density at radius 1 is 1.14 bits per heavy atom. The van der Waals surface area contributed by atoms with Gasteiger partial charge in [0.05, 0.1) is 29.0 Å². The first-order valence-corrected chi connectivity index (χ1v) is 9.60. The van der Waals surface area contributed by atoms with Crippen molar-refractivity contribution < 1.29 is 4.79 Å². The van der Waals surface area contributed by atoms with Gasteiger partial charge < -0.3 is 4.90 Å². The number of pyridine rings is 1. The molecule has 0 N–H and O–H groups in total. The lowest BCUT2D eigenvalue weighted by molar-refractivity contribution is 0.0787. The summed E-state index contributed by atoms with van der Waals surface area (Å²) >= 11 is 0. The maximum absolute atomic E-state index is 13.4. The summed E-state index contributed by atoms with van der Waals surface area (Å²) < 4.78 is 3.60. The van der Waals surface area contributed by atoms with Crippen molar-refractivity contribution in [2.24, 2.45) is 7.05 Å². The minimum Gasteiger partial charge on any atom is -0.337 e. The Bertz CT molecular complexity index is 1160. The summed E-state index contributed by atoms with van der Waals surface area (Å²) in [5.74, 6) is -0.0678. The second kappa shape index (κ2) is 7.50. The van der Waals surface area contributed by atoms with Gasteiger partial charge in [-0.3, -0.25) is 9.48 Å². The molecule has 3 heterocycles. The third kappa shape index (κ3) is 3.63. The van der Waals surface area contributed by atoms with Crippen LogP contribution in [0.3, 0.4) is 0 Å². The Labute approximate surface area is 169 Å². The van der Waals surface area contributed by atoms with Crippen molar-refractivity contribution in [1.29, 1.82) is 0 Å². The SMILES string of the molecule is CC(C)n1ncc2c(C(=O)N(C)Cc3cnn(C)c3)cc(-c3ccccc3)nc21. The average Bonchev–Trinajstić information content (AvgIpc) is 3.33. The zero-order valence-electron chi connectivity index (χ0n) is 17.1. The van der Waals surface area contributed by atoms with Crippen molar-refractivity contribution in [3.05, 3.63) is 66.1 Å². The first-order valence-electron chi connectivity index (χ1n) is 9.60. The molecule has 0 spiro atoms. The van der Waals surface area contributed by atoms with E-state index < -0.39 is 0 Å². The topological polar surface area (TPSA) is 68.8 Å². The smallest absolute Gasteiger partial charge is 0.254 e. The Balaban J connectivity index is 1.80. The molecule has 7 nitrogen and oxygen atoms in total.